The predicted molar refractivity (Wildman–Crippen MR) is 77.2 cm³/mol. The number of ether oxygens (including phenoxy) is 1. The lowest BCUT2D eigenvalue weighted by molar-refractivity contribution is -0.0240. The Labute approximate surface area is 120 Å². The van der Waals surface area contributed by atoms with Gasteiger partial charge in [-0.3, -0.25) is 9.69 Å². The van der Waals surface area contributed by atoms with Crippen LogP contribution in [0.5, 0.6) is 0 Å². The Morgan fingerprint density at radius 1 is 1.50 bits per heavy atom. The number of aliphatic hydroxyl groups excluding tert-OH is 1. The molecule has 1 N–H and O–H groups in total. The van der Waals surface area contributed by atoms with Crippen molar-refractivity contribution in [3.8, 4) is 0 Å². The number of rotatable bonds is 5. The highest BCUT2D eigenvalue weighted by molar-refractivity contribution is 5.99. The van der Waals surface area contributed by atoms with Crippen molar-refractivity contribution in [2.24, 2.45) is 0 Å². The number of carbonyl (C=O) groups is 1. The minimum atomic E-state index is -0.0673. The molecule has 0 radical (unpaired) electrons. The van der Waals surface area contributed by atoms with Gasteiger partial charge in [0.15, 0.2) is 5.78 Å². The maximum absolute atomic E-state index is 12.5. The second-order valence-electron chi connectivity index (χ2n) is 5.33. The van der Waals surface area contributed by atoms with E-state index in [0.717, 1.165) is 23.5 Å². The molecule has 0 bridgehead atoms. The molecular weight excluding hydrogens is 256 g/mol. The average Bonchev–Trinajstić information content (AvgIpc) is 2.74. The molecule has 1 atom stereocenters. The van der Waals surface area contributed by atoms with Crippen molar-refractivity contribution in [1.82, 2.24) is 9.47 Å². The van der Waals surface area contributed by atoms with Crippen LogP contribution in [0.3, 0.4) is 0 Å². The lowest BCUT2D eigenvalue weighted by Crippen LogP contribution is -2.49. The molecule has 20 heavy (non-hydrogen) atoms. The molecule has 0 spiro atoms. The first-order chi connectivity index (χ1) is 9.58. The molecule has 1 aromatic rings. The molecule has 1 unspecified atom stereocenters. The Morgan fingerprint density at radius 2 is 2.25 bits per heavy atom. The van der Waals surface area contributed by atoms with Gasteiger partial charge in [-0.15, -0.1) is 0 Å². The van der Waals surface area contributed by atoms with Crippen molar-refractivity contribution in [3.05, 3.63) is 23.0 Å². The van der Waals surface area contributed by atoms with Crippen molar-refractivity contribution in [2.45, 2.75) is 33.4 Å². The van der Waals surface area contributed by atoms with Crippen molar-refractivity contribution in [1.29, 1.82) is 0 Å². The van der Waals surface area contributed by atoms with Gasteiger partial charge >= 0.3 is 0 Å². The van der Waals surface area contributed by atoms with E-state index in [1.165, 1.54) is 0 Å². The van der Waals surface area contributed by atoms with Gasteiger partial charge in [-0.1, -0.05) is 0 Å². The van der Waals surface area contributed by atoms with Crippen LogP contribution in [0, 0.1) is 13.8 Å². The molecule has 5 nitrogen and oxygen atoms in total. The first-order valence-electron chi connectivity index (χ1n) is 7.21. The quantitative estimate of drug-likeness (QED) is 0.818. The van der Waals surface area contributed by atoms with Gasteiger partial charge in [-0.2, -0.15) is 0 Å². The van der Waals surface area contributed by atoms with Crippen LogP contribution in [-0.2, 0) is 11.3 Å². The molecule has 0 aliphatic carbocycles. The number of aryl methyl sites for hydroxylation is 1. The summed E-state index contributed by atoms with van der Waals surface area (Å²) in [6.45, 7) is 9.17. The van der Waals surface area contributed by atoms with E-state index in [1.807, 2.05) is 24.8 Å². The summed E-state index contributed by atoms with van der Waals surface area (Å²) < 4.78 is 7.49. The summed E-state index contributed by atoms with van der Waals surface area (Å²) in [4.78, 5) is 14.5. The van der Waals surface area contributed by atoms with Gasteiger partial charge in [-0.05, 0) is 26.8 Å². The Morgan fingerprint density at radius 3 is 2.85 bits per heavy atom. The summed E-state index contributed by atoms with van der Waals surface area (Å²) in [5.74, 6) is 0.123. The van der Waals surface area contributed by atoms with E-state index in [9.17, 15) is 9.90 Å². The minimum absolute atomic E-state index is 0.0290. The summed E-state index contributed by atoms with van der Waals surface area (Å²) >= 11 is 0. The number of aromatic nitrogens is 1. The zero-order chi connectivity index (χ0) is 14.7. The van der Waals surface area contributed by atoms with E-state index >= 15 is 0 Å². The second-order valence-corrected chi connectivity index (χ2v) is 5.33. The number of carbonyl (C=O) groups excluding carboxylic acids is 1. The van der Waals surface area contributed by atoms with Crippen LogP contribution in [-0.4, -0.2) is 59.3 Å². The zero-order valence-corrected chi connectivity index (χ0v) is 12.6. The second kappa shape index (κ2) is 6.52. The van der Waals surface area contributed by atoms with Crippen molar-refractivity contribution in [3.63, 3.8) is 0 Å². The van der Waals surface area contributed by atoms with E-state index in [0.29, 0.717) is 26.3 Å². The topological polar surface area (TPSA) is 54.7 Å². The molecule has 2 heterocycles. The van der Waals surface area contributed by atoms with Gasteiger partial charge < -0.3 is 14.4 Å². The lowest BCUT2D eigenvalue weighted by atomic mass is 10.1. The largest absolute Gasteiger partial charge is 0.395 e. The molecule has 1 fully saturated rings. The fourth-order valence-corrected chi connectivity index (χ4v) is 2.91. The van der Waals surface area contributed by atoms with Crippen LogP contribution in [0.2, 0.25) is 0 Å². The summed E-state index contributed by atoms with van der Waals surface area (Å²) in [5, 5.41) is 9.35. The van der Waals surface area contributed by atoms with Crippen LogP contribution in [0.25, 0.3) is 0 Å². The third-order valence-corrected chi connectivity index (χ3v) is 4.10. The highest BCUT2D eigenvalue weighted by Gasteiger charge is 2.25. The smallest absolute Gasteiger partial charge is 0.178 e. The van der Waals surface area contributed by atoms with Crippen molar-refractivity contribution in [2.75, 3.05) is 32.9 Å². The van der Waals surface area contributed by atoms with Crippen LogP contribution in [0.15, 0.2) is 6.07 Å². The number of aliphatic hydroxyl groups is 1. The number of hydrogen-bond donors (Lipinski definition) is 1. The Balaban J connectivity index is 2.11. The molecule has 1 aromatic heterocycles. The molecule has 2 rings (SSSR count). The number of nitrogens with zero attached hydrogens (tertiary/aromatic N) is 2. The maximum atomic E-state index is 12.5. The summed E-state index contributed by atoms with van der Waals surface area (Å²) in [6.07, 6.45) is 0. The van der Waals surface area contributed by atoms with Gasteiger partial charge in [0.2, 0.25) is 0 Å². The average molecular weight is 280 g/mol. The van der Waals surface area contributed by atoms with Crippen molar-refractivity contribution >= 4 is 5.78 Å². The highest BCUT2D eigenvalue weighted by Crippen LogP contribution is 2.17. The van der Waals surface area contributed by atoms with E-state index in [2.05, 4.69) is 11.5 Å². The van der Waals surface area contributed by atoms with E-state index in [4.69, 9.17) is 4.74 Å². The summed E-state index contributed by atoms with van der Waals surface area (Å²) in [7, 11) is 0. The Kier molecular flexibility index (Phi) is 4.96. The number of morpholine rings is 1. The third-order valence-electron chi connectivity index (χ3n) is 4.10. The van der Waals surface area contributed by atoms with E-state index in [-0.39, 0.29) is 18.4 Å². The third kappa shape index (κ3) is 2.95. The van der Waals surface area contributed by atoms with Gasteiger partial charge in [0.1, 0.15) is 0 Å². The van der Waals surface area contributed by atoms with Gasteiger partial charge in [0.25, 0.3) is 0 Å². The summed E-state index contributed by atoms with van der Waals surface area (Å²) in [6, 6.07) is 1.90. The van der Waals surface area contributed by atoms with Gasteiger partial charge in [0, 0.05) is 30.0 Å². The molecule has 1 aliphatic rings. The molecule has 112 valence electrons. The van der Waals surface area contributed by atoms with Crippen LogP contribution in [0.1, 0.15) is 28.7 Å². The normalized spacial score (nSPS) is 20.3. The Hall–Kier alpha value is -1.17. The SMILES string of the molecule is CCn1c(C)cc(C(=O)CN2CCOCC2CO)c1C. The molecule has 1 saturated heterocycles. The Bertz CT molecular complexity index is 482. The molecule has 5 heteroatoms. The number of Topliss-reactive ketones (excluding diaryl/α,β-unsaturated/α-hetero) is 1. The zero-order valence-electron chi connectivity index (χ0n) is 12.6. The van der Waals surface area contributed by atoms with Gasteiger partial charge in [-0.25, -0.2) is 0 Å². The highest BCUT2D eigenvalue weighted by atomic mass is 16.5. The standard InChI is InChI=1S/C15H24N2O3/c1-4-17-11(2)7-14(12(17)3)15(19)8-16-5-6-20-10-13(16)9-18/h7,13,18H,4-6,8-10H2,1-3H3. The number of hydrogen-bond acceptors (Lipinski definition) is 4. The van der Waals surface area contributed by atoms with Crippen LogP contribution in [0.4, 0.5) is 0 Å². The van der Waals surface area contributed by atoms with Gasteiger partial charge in [0.05, 0.1) is 32.4 Å². The van der Waals surface area contributed by atoms with E-state index < -0.39 is 0 Å². The van der Waals surface area contributed by atoms with Crippen LogP contribution < -0.4 is 0 Å². The first kappa shape index (κ1) is 15.2. The minimum Gasteiger partial charge on any atom is -0.395 e. The van der Waals surface area contributed by atoms with Crippen molar-refractivity contribution < 1.29 is 14.6 Å². The predicted octanol–water partition coefficient (Wildman–Crippen LogP) is 1.00. The molecule has 0 aromatic carbocycles. The first-order valence-corrected chi connectivity index (χ1v) is 7.21. The van der Waals surface area contributed by atoms with E-state index in [1.54, 1.807) is 0 Å². The number of ketones is 1. The molecule has 0 saturated carbocycles. The maximum Gasteiger partial charge on any atom is 0.178 e. The lowest BCUT2D eigenvalue weighted by Gasteiger charge is -2.33. The molecule has 0 amide bonds. The fourth-order valence-electron chi connectivity index (χ4n) is 2.91. The molecule has 1 aliphatic heterocycles. The fraction of sp³-hybridized carbons (Fsp3) is 0.667. The summed E-state index contributed by atoms with van der Waals surface area (Å²) in [5.41, 5.74) is 2.95. The monoisotopic (exact) mass is 280 g/mol. The van der Waals surface area contributed by atoms with Crippen LogP contribution >= 0.6 is 0 Å². The molecular formula is C15H24N2O3.